The first kappa shape index (κ1) is 13.1. The molecule has 0 aliphatic carbocycles. The highest BCUT2D eigenvalue weighted by molar-refractivity contribution is 9.10. The number of ether oxygens (including phenoxy) is 1. The lowest BCUT2D eigenvalue weighted by Gasteiger charge is -2.18. The standard InChI is InChI=1S/C13H13BrFNO2/c1-13(2,3)18-12(17)11-5-7-4-9(15)8(14)6-10(7)16-11/h4-6,16H,1-3H3. The van der Waals surface area contributed by atoms with Gasteiger partial charge in [-0.3, -0.25) is 0 Å². The van der Waals surface area contributed by atoms with Gasteiger partial charge in [-0.05, 0) is 54.9 Å². The molecule has 5 heteroatoms. The van der Waals surface area contributed by atoms with Gasteiger partial charge in [-0.2, -0.15) is 0 Å². The van der Waals surface area contributed by atoms with E-state index in [1.807, 2.05) is 0 Å². The Hall–Kier alpha value is -1.36. The summed E-state index contributed by atoms with van der Waals surface area (Å²) in [4.78, 5) is 14.8. The lowest BCUT2D eigenvalue weighted by atomic mass is 10.2. The largest absolute Gasteiger partial charge is 0.455 e. The van der Waals surface area contributed by atoms with Gasteiger partial charge in [-0.15, -0.1) is 0 Å². The average molecular weight is 314 g/mol. The lowest BCUT2D eigenvalue weighted by Crippen LogP contribution is -2.24. The molecule has 18 heavy (non-hydrogen) atoms. The van der Waals surface area contributed by atoms with Crippen molar-refractivity contribution in [2.24, 2.45) is 0 Å². The predicted molar refractivity (Wildman–Crippen MR) is 71.1 cm³/mol. The first-order valence-corrected chi connectivity index (χ1v) is 6.27. The Balaban J connectivity index is 2.39. The number of fused-ring (bicyclic) bond motifs is 1. The Morgan fingerprint density at radius 3 is 2.61 bits per heavy atom. The van der Waals surface area contributed by atoms with Crippen LogP contribution in [0.4, 0.5) is 4.39 Å². The van der Waals surface area contributed by atoms with Gasteiger partial charge in [0.25, 0.3) is 0 Å². The van der Waals surface area contributed by atoms with Crippen LogP contribution in [-0.2, 0) is 4.74 Å². The van der Waals surface area contributed by atoms with Gasteiger partial charge in [0.15, 0.2) is 0 Å². The fourth-order valence-corrected chi connectivity index (χ4v) is 1.91. The fourth-order valence-electron chi connectivity index (χ4n) is 1.57. The van der Waals surface area contributed by atoms with Crippen LogP contribution in [0, 0.1) is 5.82 Å². The molecule has 1 heterocycles. The van der Waals surface area contributed by atoms with Gasteiger partial charge < -0.3 is 9.72 Å². The van der Waals surface area contributed by atoms with E-state index in [4.69, 9.17) is 4.74 Å². The second-order valence-corrected chi connectivity index (χ2v) is 5.89. The number of esters is 1. The van der Waals surface area contributed by atoms with Gasteiger partial charge >= 0.3 is 5.97 Å². The van der Waals surface area contributed by atoms with Gasteiger partial charge in [-0.1, -0.05) is 0 Å². The topological polar surface area (TPSA) is 42.1 Å². The molecule has 1 N–H and O–H groups in total. The second-order valence-electron chi connectivity index (χ2n) is 5.04. The van der Waals surface area contributed by atoms with E-state index in [1.165, 1.54) is 6.07 Å². The Morgan fingerprint density at radius 2 is 2.00 bits per heavy atom. The predicted octanol–water partition coefficient (Wildman–Crippen LogP) is 4.02. The molecule has 0 radical (unpaired) electrons. The number of carbonyl (C=O) groups is 1. The number of aromatic nitrogens is 1. The number of halogens is 2. The summed E-state index contributed by atoms with van der Waals surface area (Å²) in [5, 5.41) is 0.636. The van der Waals surface area contributed by atoms with Crippen LogP contribution >= 0.6 is 15.9 Å². The minimum atomic E-state index is -0.555. The molecule has 0 bridgehead atoms. The molecule has 0 amide bonds. The fraction of sp³-hybridized carbons (Fsp3) is 0.308. The van der Waals surface area contributed by atoms with Crippen LogP contribution in [0.1, 0.15) is 31.3 Å². The molecule has 0 saturated heterocycles. The summed E-state index contributed by atoms with van der Waals surface area (Å²) in [6.45, 7) is 5.39. The van der Waals surface area contributed by atoms with Crippen LogP contribution in [0.5, 0.6) is 0 Å². The Kier molecular flexibility index (Phi) is 3.19. The number of aromatic amines is 1. The summed E-state index contributed by atoms with van der Waals surface area (Å²) in [5.41, 5.74) is 0.446. The summed E-state index contributed by atoms with van der Waals surface area (Å²) in [5.74, 6) is -0.813. The molecule has 0 spiro atoms. The van der Waals surface area contributed by atoms with Crippen LogP contribution in [0.2, 0.25) is 0 Å². The third-order valence-corrected chi connectivity index (χ3v) is 2.89. The van der Waals surface area contributed by atoms with Crippen LogP contribution < -0.4 is 0 Å². The molecule has 0 aliphatic rings. The quantitative estimate of drug-likeness (QED) is 0.808. The van der Waals surface area contributed by atoms with E-state index in [0.29, 0.717) is 21.1 Å². The number of H-pyrrole nitrogens is 1. The summed E-state index contributed by atoms with van der Waals surface area (Å²) in [6.07, 6.45) is 0. The molecule has 0 atom stereocenters. The SMILES string of the molecule is CC(C)(C)OC(=O)c1cc2cc(F)c(Br)cc2[nH]1. The van der Waals surface area contributed by atoms with Crippen molar-refractivity contribution in [2.45, 2.75) is 26.4 Å². The summed E-state index contributed by atoms with van der Waals surface area (Å²) >= 11 is 3.10. The molecule has 0 saturated carbocycles. The average Bonchev–Trinajstić information content (AvgIpc) is 2.59. The lowest BCUT2D eigenvalue weighted by molar-refractivity contribution is 0.00639. The van der Waals surface area contributed by atoms with Crippen LogP contribution in [0.3, 0.4) is 0 Å². The molecule has 1 aromatic carbocycles. The highest BCUT2D eigenvalue weighted by Gasteiger charge is 2.19. The highest BCUT2D eigenvalue weighted by Crippen LogP contribution is 2.24. The van der Waals surface area contributed by atoms with Crippen molar-refractivity contribution < 1.29 is 13.9 Å². The molecule has 0 unspecified atom stereocenters. The Bertz CT molecular complexity index is 574. The van der Waals surface area contributed by atoms with E-state index in [-0.39, 0.29) is 5.82 Å². The minimum absolute atomic E-state index is 0.317. The molecular weight excluding hydrogens is 301 g/mol. The van der Waals surface area contributed by atoms with Crippen molar-refractivity contribution in [1.29, 1.82) is 0 Å². The molecular formula is C13H13BrFNO2. The number of carbonyl (C=O) groups excluding carboxylic acids is 1. The maximum Gasteiger partial charge on any atom is 0.355 e. The Labute approximate surface area is 112 Å². The zero-order valence-corrected chi connectivity index (χ0v) is 11.9. The van der Waals surface area contributed by atoms with Crippen molar-refractivity contribution in [3.8, 4) is 0 Å². The minimum Gasteiger partial charge on any atom is -0.455 e. The van der Waals surface area contributed by atoms with Gasteiger partial charge in [0.05, 0.1) is 4.47 Å². The van der Waals surface area contributed by atoms with Crippen molar-refractivity contribution >= 4 is 32.8 Å². The molecule has 0 aliphatic heterocycles. The molecule has 2 rings (SSSR count). The molecule has 2 aromatic rings. The highest BCUT2D eigenvalue weighted by atomic mass is 79.9. The van der Waals surface area contributed by atoms with E-state index >= 15 is 0 Å². The monoisotopic (exact) mass is 313 g/mol. The molecule has 1 aromatic heterocycles. The van der Waals surface area contributed by atoms with Crippen LogP contribution in [0.25, 0.3) is 10.9 Å². The van der Waals surface area contributed by atoms with E-state index < -0.39 is 11.6 Å². The molecule has 96 valence electrons. The van der Waals surface area contributed by atoms with E-state index in [9.17, 15) is 9.18 Å². The number of nitrogens with one attached hydrogen (secondary N) is 1. The number of hydrogen-bond donors (Lipinski definition) is 1. The number of hydrogen-bond acceptors (Lipinski definition) is 2. The van der Waals surface area contributed by atoms with Gasteiger partial charge in [0, 0.05) is 10.9 Å². The number of rotatable bonds is 1. The smallest absolute Gasteiger partial charge is 0.355 e. The van der Waals surface area contributed by atoms with Crippen molar-refractivity contribution in [3.05, 3.63) is 34.2 Å². The third kappa shape index (κ3) is 2.72. The van der Waals surface area contributed by atoms with Crippen LogP contribution in [0.15, 0.2) is 22.7 Å². The maximum atomic E-state index is 13.4. The maximum absolute atomic E-state index is 13.4. The second kappa shape index (κ2) is 4.39. The van der Waals surface area contributed by atoms with Crippen molar-refractivity contribution in [1.82, 2.24) is 4.98 Å². The first-order valence-electron chi connectivity index (χ1n) is 5.47. The van der Waals surface area contributed by atoms with Crippen molar-refractivity contribution in [3.63, 3.8) is 0 Å². The zero-order chi connectivity index (χ0) is 13.5. The van der Waals surface area contributed by atoms with Crippen molar-refractivity contribution in [2.75, 3.05) is 0 Å². The van der Waals surface area contributed by atoms with Gasteiger partial charge in [0.1, 0.15) is 17.1 Å². The summed E-state index contributed by atoms with van der Waals surface area (Å²) < 4.78 is 18.9. The van der Waals surface area contributed by atoms with Gasteiger partial charge in [0.2, 0.25) is 0 Å². The Morgan fingerprint density at radius 1 is 1.33 bits per heavy atom. The molecule has 0 fully saturated rings. The van der Waals surface area contributed by atoms with E-state index in [2.05, 4.69) is 20.9 Å². The third-order valence-electron chi connectivity index (χ3n) is 2.28. The van der Waals surface area contributed by atoms with Gasteiger partial charge in [-0.25, -0.2) is 9.18 Å². The van der Waals surface area contributed by atoms with Crippen LogP contribution in [-0.4, -0.2) is 16.6 Å². The zero-order valence-electron chi connectivity index (χ0n) is 10.3. The molecule has 3 nitrogen and oxygen atoms in total. The number of benzene rings is 1. The van der Waals surface area contributed by atoms with E-state index in [1.54, 1.807) is 32.9 Å². The normalized spacial score (nSPS) is 11.8. The van der Waals surface area contributed by atoms with E-state index in [0.717, 1.165) is 0 Å². The summed E-state index contributed by atoms with van der Waals surface area (Å²) in [7, 11) is 0. The summed E-state index contributed by atoms with van der Waals surface area (Å²) in [6, 6.07) is 4.54. The first-order chi connectivity index (χ1) is 8.26.